The normalized spacial score (nSPS) is 0. The van der Waals surface area contributed by atoms with Crippen LogP contribution >= 0.6 is 34.0 Å². The molecule has 0 aliphatic rings. The summed E-state index contributed by atoms with van der Waals surface area (Å²) in [5.74, 6) is 0. The standard InChI is InChI=1S/2BrH.10H2O/h2*1H;10*1H2. The number of rotatable bonds is 0. The van der Waals surface area contributed by atoms with Crippen LogP contribution < -0.4 is 0 Å². The molecule has 0 bridgehead atoms. The third-order valence-corrected chi connectivity index (χ3v) is 0. The molecule has 0 fully saturated rings. The molecular formula is H22Br2O10. The van der Waals surface area contributed by atoms with Gasteiger partial charge in [-0.25, -0.2) is 0 Å². The number of halogens is 2. The first-order valence-corrected chi connectivity index (χ1v) is 0. The van der Waals surface area contributed by atoms with Gasteiger partial charge in [-0.1, -0.05) is 0 Å². The van der Waals surface area contributed by atoms with E-state index in [1.165, 1.54) is 0 Å². The van der Waals surface area contributed by atoms with Crippen LogP contribution in [-0.4, -0.2) is 54.8 Å². The van der Waals surface area contributed by atoms with Crippen LogP contribution in [0.2, 0.25) is 0 Å². The van der Waals surface area contributed by atoms with Crippen LogP contribution in [0.3, 0.4) is 0 Å². The topological polar surface area (TPSA) is 315 Å². The van der Waals surface area contributed by atoms with Gasteiger partial charge in [0.2, 0.25) is 0 Å². The Bertz CT molecular complexity index is 7.80. The van der Waals surface area contributed by atoms with Gasteiger partial charge in [0.15, 0.2) is 0 Å². The van der Waals surface area contributed by atoms with Crippen LogP contribution in [0.4, 0.5) is 0 Å². The predicted molar refractivity (Wildman–Crippen MR) is 56.8 cm³/mol. The Morgan fingerprint density at radius 1 is 0.167 bits per heavy atom. The molecule has 10 nitrogen and oxygen atoms in total. The van der Waals surface area contributed by atoms with Gasteiger partial charge in [0.25, 0.3) is 0 Å². The summed E-state index contributed by atoms with van der Waals surface area (Å²) in [6.07, 6.45) is 0. The molecule has 12 heavy (non-hydrogen) atoms. The van der Waals surface area contributed by atoms with Gasteiger partial charge in [0, 0.05) is 0 Å². The van der Waals surface area contributed by atoms with Crippen molar-refractivity contribution in [2.24, 2.45) is 0 Å². The average molecular weight is 342 g/mol. The second-order valence-electron chi connectivity index (χ2n) is 0. The minimum absolute atomic E-state index is 0. The highest BCUT2D eigenvalue weighted by atomic mass is 79.9. The second kappa shape index (κ2) is 4110. The molecule has 0 aromatic carbocycles. The summed E-state index contributed by atoms with van der Waals surface area (Å²) in [5.41, 5.74) is 0. The molecule has 96 valence electrons. The van der Waals surface area contributed by atoms with E-state index in [0.717, 1.165) is 0 Å². The maximum Gasteiger partial charge on any atom is -0.114 e. The van der Waals surface area contributed by atoms with E-state index in [1.807, 2.05) is 0 Å². The fraction of sp³-hybridized carbons (Fsp3) is 0. The van der Waals surface area contributed by atoms with Crippen molar-refractivity contribution in [1.29, 1.82) is 0 Å². The molecule has 0 amide bonds. The van der Waals surface area contributed by atoms with E-state index in [-0.39, 0.29) is 88.7 Å². The Morgan fingerprint density at radius 2 is 0.167 bits per heavy atom. The molecule has 12 heteroatoms. The van der Waals surface area contributed by atoms with E-state index >= 15 is 0 Å². The highest BCUT2D eigenvalue weighted by Crippen LogP contribution is 0.847. The second-order valence-corrected chi connectivity index (χ2v) is 0. The van der Waals surface area contributed by atoms with Crippen molar-refractivity contribution >= 4 is 34.0 Å². The van der Waals surface area contributed by atoms with Crippen LogP contribution in [-0.2, 0) is 0 Å². The minimum Gasteiger partial charge on any atom is -0.412 e. The van der Waals surface area contributed by atoms with Crippen LogP contribution in [0.5, 0.6) is 0 Å². The van der Waals surface area contributed by atoms with Crippen LogP contribution in [0.25, 0.3) is 0 Å². The summed E-state index contributed by atoms with van der Waals surface area (Å²) in [6, 6.07) is 0. The van der Waals surface area contributed by atoms with E-state index in [9.17, 15) is 0 Å². The summed E-state index contributed by atoms with van der Waals surface area (Å²) < 4.78 is 0. The Hall–Kier alpha value is 0.560. The van der Waals surface area contributed by atoms with Crippen molar-refractivity contribution < 1.29 is 54.8 Å². The molecule has 0 saturated heterocycles. The van der Waals surface area contributed by atoms with Crippen molar-refractivity contribution in [3.05, 3.63) is 0 Å². The van der Waals surface area contributed by atoms with Crippen LogP contribution in [0.1, 0.15) is 0 Å². The summed E-state index contributed by atoms with van der Waals surface area (Å²) in [5, 5.41) is 0. The van der Waals surface area contributed by atoms with Crippen molar-refractivity contribution in [2.45, 2.75) is 0 Å². The van der Waals surface area contributed by atoms with Gasteiger partial charge < -0.3 is 54.8 Å². The maximum atomic E-state index is 0. The van der Waals surface area contributed by atoms with Gasteiger partial charge in [-0.3, -0.25) is 0 Å². The Morgan fingerprint density at radius 3 is 0.167 bits per heavy atom. The van der Waals surface area contributed by atoms with Gasteiger partial charge in [-0.05, 0) is 0 Å². The van der Waals surface area contributed by atoms with E-state index in [1.54, 1.807) is 0 Å². The Labute approximate surface area is 89.2 Å². The van der Waals surface area contributed by atoms with Gasteiger partial charge in [0.1, 0.15) is 0 Å². The molecule has 0 aromatic heterocycles. The zero-order valence-electron chi connectivity index (χ0n) is 5.82. The molecule has 0 atom stereocenters. The first-order chi connectivity index (χ1) is 0. The number of hydrogen-bond donors (Lipinski definition) is 0. The molecule has 0 saturated carbocycles. The molecule has 0 aliphatic carbocycles. The predicted octanol–water partition coefficient (Wildman–Crippen LogP) is -7.09. The van der Waals surface area contributed by atoms with Crippen molar-refractivity contribution in [2.75, 3.05) is 0 Å². The molecular weight excluding hydrogens is 320 g/mol. The summed E-state index contributed by atoms with van der Waals surface area (Å²) in [7, 11) is 0. The maximum absolute atomic E-state index is 0. The molecule has 0 aromatic rings. The molecule has 0 aliphatic heterocycles. The summed E-state index contributed by atoms with van der Waals surface area (Å²) in [4.78, 5) is 0. The molecule has 0 heterocycles. The summed E-state index contributed by atoms with van der Waals surface area (Å²) in [6.45, 7) is 0. The number of hydrogen-bond acceptors (Lipinski definition) is 0. The highest BCUT2D eigenvalue weighted by molar-refractivity contribution is 8.93. The first kappa shape index (κ1) is 5350. The van der Waals surface area contributed by atoms with Gasteiger partial charge in [-0.15, -0.1) is 34.0 Å². The SMILES string of the molecule is Br.Br.O.O.O.O.O.O.O.O.O.O. The zero-order chi connectivity index (χ0) is 0. The lowest BCUT2D eigenvalue weighted by Gasteiger charge is -0.413. The van der Waals surface area contributed by atoms with E-state index in [2.05, 4.69) is 0 Å². The molecule has 20 N–H and O–H groups in total. The summed E-state index contributed by atoms with van der Waals surface area (Å²) >= 11 is 0. The van der Waals surface area contributed by atoms with E-state index < -0.39 is 0 Å². The lowest BCUT2D eigenvalue weighted by molar-refractivity contribution is 0.823. The quantitative estimate of drug-likeness (QED) is 0.396. The molecule has 0 radical (unpaired) electrons. The lowest BCUT2D eigenvalue weighted by Crippen LogP contribution is -0.290. The fourth-order valence-corrected chi connectivity index (χ4v) is 0. The minimum atomic E-state index is 0. The fourth-order valence-electron chi connectivity index (χ4n) is 0. The van der Waals surface area contributed by atoms with Crippen molar-refractivity contribution in [3.8, 4) is 0 Å². The Balaban J connectivity index is 0. The third kappa shape index (κ3) is 3080. The molecule has 0 unspecified atom stereocenters. The molecule has 0 spiro atoms. The zero-order valence-corrected chi connectivity index (χ0v) is 9.24. The lowest BCUT2D eigenvalue weighted by atomic mass is 16.0. The van der Waals surface area contributed by atoms with Crippen LogP contribution in [0.15, 0.2) is 0 Å². The van der Waals surface area contributed by atoms with Crippen molar-refractivity contribution in [3.63, 3.8) is 0 Å². The highest BCUT2D eigenvalue weighted by Gasteiger charge is -0.113. The first-order valence-electron chi connectivity index (χ1n) is 0. The van der Waals surface area contributed by atoms with E-state index in [0.29, 0.717) is 0 Å². The van der Waals surface area contributed by atoms with Gasteiger partial charge >= 0.3 is 0 Å². The Kier molecular flexibility index (Phi) is 1830000. The van der Waals surface area contributed by atoms with E-state index in [4.69, 9.17) is 0 Å². The van der Waals surface area contributed by atoms with Gasteiger partial charge in [-0.2, -0.15) is 0 Å². The van der Waals surface area contributed by atoms with Gasteiger partial charge in [0.05, 0.1) is 0 Å². The third-order valence-electron chi connectivity index (χ3n) is 0. The monoisotopic (exact) mass is 340 g/mol. The largest absolute Gasteiger partial charge is 0.412 e. The van der Waals surface area contributed by atoms with Crippen LogP contribution in [0, 0.1) is 0 Å². The van der Waals surface area contributed by atoms with Crippen molar-refractivity contribution in [1.82, 2.24) is 0 Å². The smallest absolute Gasteiger partial charge is 0.114 e. The molecule has 0 rings (SSSR count). The average Bonchev–Trinajstić information content (AvgIpc) is 0.